The van der Waals surface area contributed by atoms with Crippen molar-refractivity contribution in [2.24, 2.45) is 5.92 Å². The SMILES string of the molecule is CCCc1cc(F)c(OC[C@H]2CO[C@H](c3cc(F)c(-c4cc(F)c(F)c(F)c4)c(F)c3)OC2)c(F)c1. The molecule has 0 aromatic heterocycles. The predicted molar refractivity (Wildman–Crippen MR) is 116 cm³/mol. The highest BCUT2D eigenvalue weighted by Gasteiger charge is 2.27. The molecule has 1 fully saturated rings. The van der Waals surface area contributed by atoms with Crippen LogP contribution in [0.3, 0.4) is 0 Å². The van der Waals surface area contributed by atoms with Gasteiger partial charge >= 0.3 is 0 Å². The van der Waals surface area contributed by atoms with E-state index in [1.807, 2.05) is 6.92 Å². The minimum atomic E-state index is -1.75. The average molecular weight is 514 g/mol. The minimum absolute atomic E-state index is 0.00119. The lowest BCUT2D eigenvalue weighted by Crippen LogP contribution is -2.31. The molecule has 0 N–H and O–H groups in total. The van der Waals surface area contributed by atoms with Crippen molar-refractivity contribution in [3.8, 4) is 16.9 Å². The Labute approximate surface area is 202 Å². The largest absolute Gasteiger partial charge is 0.487 e. The predicted octanol–water partition coefficient (Wildman–Crippen LogP) is 7.02. The van der Waals surface area contributed by atoms with Gasteiger partial charge in [0.25, 0.3) is 0 Å². The quantitative estimate of drug-likeness (QED) is 0.251. The molecule has 0 saturated carbocycles. The molecule has 0 bridgehead atoms. The summed E-state index contributed by atoms with van der Waals surface area (Å²) in [5, 5.41) is 0. The third-order valence-corrected chi connectivity index (χ3v) is 5.64. The lowest BCUT2D eigenvalue weighted by molar-refractivity contribution is -0.209. The number of hydrogen-bond acceptors (Lipinski definition) is 3. The molecule has 1 heterocycles. The van der Waals surface area contributed by atoms with Crippen LogP contribution >= 0.6 is 0 Å². The molecule has 3 aromatic carbocycles. The fraction of sp³-hybridized carbons (Fsp3) is 0.308. The summed E-state index contributed by atoms with van der Waals surface area (Å²) in [5.41, 5.74) is -0.780. The van der Waals surface area contributed by atoms with Crippen LogP contribution in [0.5, 0.6) is 5.75 Å². The molecule has 192 valence electrons. The Morgan fingerprint density at radius 2 is 1.31 bits per heavy atom. The third kappa shape index (κ3) is 5.49. The van der Waals surface area contributed by atoms with E-state index in [9.17, 15) is 30.7 Å². The van der Waals surface area contributed by atoms with Gasteiger partial charge in [-0.25, -0.2) is 30.7 Å². The van der Waals surface area contributed by atoms with E-state index in [1.54, 1.807) is 0 Å². The molecular weight excluding hydrogens is 493 g/mol. The molecule has 1 saturated heterocycles. The molecule has 3 nitrogen and oxygen atoms in total. The molecule has 0 spiro atoms. The van der Waals surface area contributed by atoms with Crippen molar-refractivity contribution in [1.29, 1.82) is 0 Å². The minimum Gasteiger partial charge on any atom is -0.487 e. The number of benzene rings is 3. The zero-order chi connectivity index (χ0) is 26.0. The summed E-state index contributed by atoms with van der Waals surface area (Å²) in [6.45, 7) is 1.76. The number of aryl methyl sites for hydroxylation is 1. The van der Waals surface area contributed by atoms with Crippen LogP contribution in [-0.4, -0.2) is 19.8 Å². The van der Waals surface area contributed by atoms with Gasteiger partial charge in [-0.1, -0.05) is 13.3 Å². The molecule has 1 aliphatic heterocycles. The molecule has 10 heteroatoms. The van der Waals surface area contributed by atoms with Gasteiger partial charge in [0.2, 0.25) is 0 Å². The Morgan fingerprint density at radius 1 is 0.750 bits per heavy atom. The molecule has 0 unspecified atom stereocenters. The van der Waals surface area contributed by atoms with Gasteiger partial charge in [0.05, 0.1) is 25.4 Å². The molecule has 1 aliphatic rings. The number of ether oxygens (including phenoxy) is 3. The van der Waals surface area contributed by atoms with Crippen molar-refractivity contribution in [3.63, 3.8) is 0 Å². The van der Waals surface area contributed by atoms with Crippen molar-refractivity contribution in [2.45, 2.75) is 26.1 Å². The van der Waals surface area contributed by atoms with Crippen LogP contribution in [0.15, 0.2) is 36.4 Å². The molecule has 0 atom stereocenters. The van der Waals surface area contributed by atoms with E-state index < -0.39 is 69.8 Å². The van der Waals surface area contributed by atoms with Gasteiger partial charge in [0.1, 0.15) is 11.6 Å². The molecule has 4 rings (SSSR count). The molecule has 3 aromatic rings. The van der Waals surface area contributed by atoms with E-state index in [0.717, 1.165) is 18.6 Å². The smallest absolute Gasteiger partial charge is 0.194 e. The Hall–Kier alpha value is -3.11. The van der Waals surface area contributed by atoms with Crippen molar-refractivity contribution in [1.82, 2.24) is 0 Å². The fourth-order valence-corrected chi connectivity index (χ4v) is 3.92. The van der Waals surface area contributed by atoms with Crippen molar-refractivity contribution in [2.75, 3.05) is 19.8 Å². The first-order valence-corrected chi connectivity index (χ1v) is 11.2. The van der Waals surface area contributed by atoms with E-state index in [0.29, 0.717) is 24.1 Å². The Balaban J connectivity index is 1.40. The maximum atomic E-state index is 14.7. The summed E-state index contributed by atoms with van der Waals surface area (Å²) < 4.78 is 114. The zero-order valence-corrected chi connectivity index (χ0v) is 19.0. The molecular formula is C26H21F7O3. The van der Waals surface area contributed by atoms with Gasteiger partial charge in [-0.3, -0.25) is 0 Å². The molecule has 0 radical (unpaired) electrons. The van der Waals surface area contributed by atoms with Crippen LogP contribution in [0.1, 0.15) is 30.8 Å². The van der Waals surface area contributed by atoms with Gasteiger partial charge in [-0.05, 0) is 53.9 Å². The van der Waals surface area contributed by atoms with E-state index in [2.05, 4.69) is 0 Å². The van der Waals surface area contributed by atoms with Gasteiger partial charge < -0.3 is 14.2 Å². The lowest BCUT2D eigenvalue weighted by atomic mass is 10.0. The average Bonchev–Trinajstić information content (AvgIpc) is 2.82. The Morgan fingerprint density at radius 3 is 1.83 bits per heavy atom. The van der Waals surface area contributed by atoms with E-state index in [-0.39, 0.29) is 25.4 Å². The second kappa shape index (κ2) is 10.9. The van der Waals surface area contributed by atoms with Crippen molar-refractivity contribution in [3.05, 3.63) is 88.2 Å². The summed E-state index contributed by atoms with van der Waals surface area (Å²) in [7, 11) is 0. The lowest BCUT2D eigenvalue weighted by Gasteiger charge is -2.29. The highest BCUT2D eigenvalue weighted by molar-refractivity contribution is 5.65. The first kappa shape index (κ1) is 26.0. The summed E-state index contributed by atoms with van der Waals surface area (Å²) in [6.07, 6.45) is 0.0964. The van der Waals surface area contributed by atoms with E-state index in [4.69, 9.17) is 14.2 Å². The first-order valence-electron chi connectivity index (χ1n) is 11.2. The number of rotatable bonds is 7. The third-order valence-electron chi connectivity index (χ3n) is 5.64. The Bertz CT molecular complexity index is 1190. The van der Waals surface area contributed by atoms with Crippen LogP contribution in [0.4, 0.5) is 30.7 Å². The Kier molecular flexibility index (Phi) is 7.85. The maximum absolute atomic E-state index is 14.7. The number of halogens is 7. The van der Waals surface area contributed by atoms with Gasteiger partial charge in [-0.15, -0.1) is 0 Å². The van der Waals surface area contributed by atoms with Crippen LogP contribution in [0.25, 0.3) is 11.1 Å². The van der Waals surface area contributed by atoms with Gasteiger partial charge in [0.15, 0.2) is 41.1 Å². The molecule has 0 aliphatic carbocycles. The summed E-state index contributed by atoms with van der Waals surface area (Å²) in [5.74, 6) is -9.82. The molecule has 0 amide bonds. The highest BCUT2D eigenvalue weighted by Crippen LogP contribution is 2.34. The second-order valence-corrected chi connectivity index (χ2v) is 8.43. The van der Waals surface area contributed by atoms with Crippen LogP contribution < -0.4 is 4.74 Å². The first-order chi connectivity index (χ1) is 17.2. The summed E-state index contributed by atoms with van der Waals surface area (Å²) >= 11 is 0. The second-order valence-electron chi connectivity index (χ2n) is 8.43. The highest BCUT2D eigenvalue weighted by atomic mass is 19.2. The van der Waals surface area contributed by atoms with E-state index in [1.165, 1.54) is 12.1 Å². The fourth-order valence-electron chi connectivity index (χ4n) is 3.92. The van der Waals surface area contributed by atoms with Crippen LogP contribution in [-0.2, 0) is 15.9 Å². The topological polar surface area (TPSA) is 27.7 Å². The van der Waals surface area contributed by atoms with E-state index >= 15 is 0 Å². The van der Waals surface area contributed by atoms with Crippen molar-refractivity contribution >= 4 is 0 Å². The summed E-state index contributed by atoms with van der Waals surface area (Å²) in [6, 6.07) is 5.16. The molecule has 36 heavy (non-hydrogen) atoms. The van der Waals surface area contributed by atoms with Crippen LogP contribution in [0.2, 0.25) is 0 Å². The zero-order valence-electron chi connectivity index (χ0n) is 19.0. The van der Waals surface area contributed by atoms with Crippen molar-refractivity contribution < 1.29 is 44.9 Å². The van der Waals surface area contributed by atoms with Gasteiger partial charge in [0, 0.05) is 11.5 Å². The van der Waals surface area contributed by atoms with Gasteiger partial charge in [-0.2, -0.15) is 0 Å². The standard InChI is InChI=1S/C26H21F7O3/c1-2-3-13-4-21(31)25(22(32)5-13)34-10-14-11-35-26(36-12-14)16-8-17(27)23(18(28)9-16)15-6-19(29)24(33)20(30)7-15/h4-9,14,26H,2-3,10-12H2,1H3/t14-,26-. The maximum Gasteiger partial charge on any atom is 0.194 e. The van der Waals surface area contributed by atoms with Crippen LogP contribution in [0, 0.1) is 46.6 Å². The normalized spacial score (nSPS) is 17.9. The number of hydrogen-bond donors (Lipinski definition) is 0. The summed E-state index contributed by atoms with van der Waals surface area (Å²) in [4.78, 5) is 0. The monoisotopic (exact) mass is 514 g/mol.